The van der Waals surface area contributed by atoms with Crippen LogP contribution in [0.2, 0.25) is 0 Å². The SMILES string of the molecule is C#CCCC1COCCN1. The van der Waals surface area contributed by atoms with E-state index in [1.54, 1.807) is 0 Å². The van der Waals surface area contributed by atoms with Crippen molar-refractivity contribution in [2.75, 3.05) is 19.8 Å². The maximum atomic E-state index is 5.25. The number of terminal acetylenes is 1. The second kappa shape index (κ2) is 4.32. The molecule has 0 aromatic heterocycles. The smallest absolute Gasteiger partial charge is 0.0620 e. The molecule has 0 aliphatic carbocycles. The Balaban J connectivity index is 2.09. The molecule has 0 bridgehead atoms. The maximum Gasteiger partial charge on any atom is 0.0620 e. The lowest BCUT2D eigenvalue weighted by molar-refractivity contribution is 0.0747. The monoisotopic (exact) mass is 139 g/mol. The summed E-state index contributed by atoms with van der Waals surface area (Å²) in [4.78, 5) is 0. The topological polar surface area (TPSA) is 21.3 Å². The number of ether oxygens (including phenoxy) is 1. The molecule has 1 unspecified atom stereocenters. The largest absolute Gasteiger partial charge is 0.379 e. The van der Waals surface area contributed by atoms with Crippen molar-refractivity contribution in [1.82, 2.24) is 5.32 Å². The summed E-state index contributed by atoms with van der Waals surface area (Å²) in [5.74, 6) is 2.62. The van der Waals surface area contributed by atoms with Crippen molar-refractivity contribution in [1.29, 1.82) is 0 Å². The first-order valence-electron chi connectivity index (χ1n) is 3.68. The van der Waals surface area contributed by atoms with Crippen molar-refractivity contribution >= 4 is 0 Å². The molecule has 1 aliphatic heterocycles. The molecule has 1 fully saturated rings. The van der Waals surface area contributed by atoms with Gasteiger partial charge in [0.15, 0.2) is 0 Å². The minimum atomic E-state index is 0.491. The third-order valence-corrected chi connectivity index (χ3v) is 1.64. The Bertz CT molecular complexity index is 122. The van der Waals surface area contributed by atoms with Crippen LogP contribution in [0.25, 0.3) is 0 Å². The summed E-state index contributed by atoms with van der Waals surface area (Å²) in [5.41, 5.74) is 0. The summed E-state index contributed by atoms with van der Waals surface area (Å²) in [6.45, 7) is 2.63. The highest BCUT2D eigenvalue weighted by molar-refractivity contribution is 4.86. The molecule has 0 saturated carbocycles. The fourth-order valence-corrected chi connectivity index (χ4v) is 1.06. The Hall–Kier alpha value is -0.520. The van der Waals surface area contributed by atoms with E-state index < -0.39 is 0 Å². The van der Waals surface area contributed by atoms with Gasteiger partial charge in [-0.3, -0.25) is 0 Å². The van der Waals surface area contributed by atoms with Crippen LogP contribution in [0.3, 0.4) is 0 Å². The van der Waals surface area contributed by atoms with Gasteiger partial charge in [0.25, 0.3) is 0 Å². The van der Waals surface area contributed by atoms with Crippen LogP contribution in [0.1, 0.15) is 12.8 Å². The van der Waals surface area contributed by atoms with Crippen LogP contribution in [0.4, 0.5) is 0 Å². The van der Waals surface area contributed by atoms with Crippen molar-refractivity contribution in [3.63, 3.8) is 0 Å². The van der Waals surface area contributed by atoms with E-state index in [9.17, 15) is 0 Å². The highest BCUT2D eigenvalue weighted by Crippen LogP contribution is 2.00. The first-order valence-corrected chi connectivity index (χ1v) is 3.68. The predicted molar refractivity (Wildman–Crippen MR) is 40.7 cm³/mol. The van der Waals surface area contributed by atoms with Crippen LogP contribution in [0, 0.1) is 12.3 Å². The van der Waals surface area contributed by atoms with Crippen LogP contribution < -0.4 is 5.32 Å². The fraction of sp³-hybridized carbons (Fsp3) is 0.750. The molecule has 1 rings (SSSR count). The molecule has 0 aromatic rings. The highest BCUT2D eigenvalue weighted by Gasteiger charge is 2.10. The van der Waals surface area contributed by atoms with Crippen molar-refractivity contribution in [3.05, 3.63) is 0 Å². The molecule has 1 atom stereocenters. The van der Waals surface area contributed by atoms with E-state index in [0.29, 0.717) is 6.04 Å². The highest BCUT2D eigenvalue weighted by atomic mass is 16.5. The molecule has 1 saturated heterocycles. The molecule has 0 amide bonds. The van der Waals surface area contributed by atoms with Gasteiger partial charge in [-0.15, -0.1) is 12.3 Å². The quantitative estimate of drug-likeness (QED) is 0.559. The van der Waals surface area contributed by atoms with E-state index in [4.69, 9.17) is 11.2 Å². The molecular weight excluding hydrogens is 126 g/mol. The van der Waals surface area contributed by atoms with Crippen LogP contribution in [-0.2, 0) is 4.74 Å². The first kappa shape index (κ1) is 7.59. The normalized spacial score (nSPS) is 25.7. The number of nitrogens with one attached hydrogen (secondary N) is 1. The third kappa shape index (κ3) is 2.38. The van der Waals surface area contributed by atoms with Crippen molar-refractivity contribution in [3.8, 4) is 12.3 Å². The third-order valence-electron chi connectivity index (χ3n) is 1.64. The minimum Gasteiger partial charge on any atom is -0.379 e. The molecule has 10 heavy (non-hydrogen) atoms. The summed E-state index contributed by atoms with van der Waals surface area (Å²) in [7, 11) is 0. The second-order valence-corrected chi connectivity index (χ2v) is 2.47. The summed E-state index contributed by atoms with van der Waals surface area (Å²) in [5, 5.41) is 3.33. The molecule has 0 spiro atoms. The van der Waals surface area contributed by atoms with Gasteiger partial charge in [0.2, 0.25) is 0 Å². The molecule has 1 aliphatic rings. The maximum absolute atomic E-state index is 5.25. The first-order chi connectivity index (χ1) is 4.93. The van der Waals surface area contributed by atoms with Crippen molar-refractivity contribution < 1.29 is 4.74 Å². The van der Waals surface area contributed by atoms with E-state index in [1.807, 2.05) is 0 Å². The zero-order chi connectivity index (χ0) is 7.23. The van der Waals surface area contributed by atoms with Crippen molar-refractivity contribution in [2.45, 2.75) is 18.9 Å². The van der Waals surface area contributed by atoms with Crippen LogP contribution in [0.15, 0.2) is 0 Å². The van der Waals surface area contributed by atoms with E-state index in [0.717, 1.165) is 32.6 Å². The van der Waals surface area contributed by atoms with E-state index in [2.05, 4.69) is 11.2 Å². The van der Waals surface area contributed by atoms with E-state index in [1.165, 1.54) is 0 Å². The fourth-order valence-electron chi connectivity index (χ4n) is 1.06. The van der Waals surface area contributed by atoms with Gasteiger partial charge in [0.05, 0.1) is 13.2 Å². The average Bonchev–Trinajstić information content (AvgIpc) is 2.03. The Labute approximate surface area is 62.0 Å². The molecule has 2 nitrogen and oxygen atoms in total. The van der Waals surface area contributed by atoms with Gasteiger partial charge in [0.1, 0.15) is 0 Å². The summed E-state index contributed by atoms with van der Waals surface area (Å²) < 4.78 is 5.25. The number of rotatable bonds is 2. The van der Waals surface area contributed by atoms with Crippen molar-refractivity contribution in [2.24, 2.45) is 0 Å². The van der Waals surface area contributed by atoms with Gasteiger partial charge < -0.3 is 10.1 Å². The molecule has 1 N–H and O–H groups in total. The Kier molecular flexibility index (Phi) is 3.28. The summed E-state index contributed by atoms with van der Waals surface area (Å²) in [6.07, 6.45) is 7.01. The van der Waals surface area contributed by atoms with Gasteiger partial charge in [-0.1, -0.05) is 0 Å². The van der Waals surface area contributed by atoms with Gasteiger partial charge in [0, 0.05) is 19.0 Å². The lowest BCUT2D eigenvalue weighted by atomic mass is 10.1. The number of hydrogen-bond donors (Lipinski definition) is 1. The lowest BCUT2D eigenvalue weighted by Gasteiger charge is -2.22. The Morgan fingerprint density at radius 2 is 2.60 bits per heavy atom. The molecule has 0 radical (unpaired) electrons. The lowest BCUT2D eigenvalue weighted by Crippen LogP contribution is -2.40. The van der Waals surface area contributed by atoms with Gasteiger partial charge >= 0.3 is 0 Å². The van der Waals surface area contributed by atoms with Crippen LogP contribution >= 0.6 is 0 Å². The second-order valence-electron chi connectivity index (χ2n) is 2.47. The zero-order valence-corrected chi connectivity index (χ0v) is 6.10. The number of hydrogen-bond acceptors (Lipinski definition) is 2. The summed E-state index contributed by atoms with van der Waals surface area (Å²) >= 11 is 0. The van der Waals surface area contributed by atoms with Gasteiger partial charge in [-0.25, -0.2) is 0 Å². The van der Waals surface area contributed by atoms with E-state index in [-0.39, 0.29) is 0 Å². The molecule has 1 heterocycles. The molecular formula is C8H13NO. The van der Waals surface area contributed by atoms with Gasteiger partial charge in [-0.2, -0.15) is 0 Å². The summed E-state index contributed by atoms with van der Waals surface area (Å²) in [6, 6.07) is 0.491. The van der Waals surface area contributed by atoms with Crippen LogP contribution in [0.5, 0.6) is 0 Å². The van der Waals surface area contributed by atoms with Gasteiger partial charge in [-0.05, 0) is 6.42 Å². The number of morpholine rings is 1. The zero-order valence-electron chi connectivity index (χ0n) is 6.10. The molecule has 0 aromatic carbocycles. The predicted octanol–water partition coefficient (Wildman–Crippen LogP) is 0.388. The standard InChI is InChI=1S/C8H13NO/c1-2-3-4-8-7-10-6-5-9-8/h1,8-9H,3-7H2. The molecule has 56 valence electrons. The Morgan fingerprint density at radius 3 is 3.20 bits per heavy atom. The van der Waals surface area contributed by atoms with Crippen LogP contribution in [-0.4, -0.2) is 25.8 Å². The Morgan fingerprint density at radius 1 is 1.70 bits per heavy atom. The average molecular weight is 139 g/mol. The minimum absolute atomic E-state index is 0.491. The van der Waals surface area contributed by atoms with E-state index >= 15 is 0 Å². The molecule has 2 heteroatoms.